The van der Waals surface area contributed by atoms with Crippen LogP contribution in [0.5, 0.6) is 0 Å². The predicted molar refractivity (Wildman–Crippen MR) is 87.8 cm³/mol. The Bertz CT molecular complexity index is 859. The van der Waals surface area contributed by atoms with Gasteiger partial charge in [-0.2, -0.15) is 4.39 Å². The molecular weight excluding hydrogens is 357 g/mol. The van der Waals surface area contributed by atoms with E-state index in [0.717, 1.165) is 18.2 Å². The largest absolute Gasteiger partial charge is 0.452 e. The molecule has 0 saturated heterocycles. The highest BCUT2D eigenvalue weighted by molar-refractivity contribution is 6.31. The summed E-state index contributed by atoms with van der Waals surface area (Å²) >= 11 is 5.71. The summed E-state index contributed by atoms with van der Waals surface area (Å²) < 4.78 is 18.0. The molecule has 0 fully saturated rings. The van der Waals surface area contributed by atoms with Crippen LogP contribution in [0, 0.1) is 15.9 Å². The van der Waals surface area contributed by atoms with Crippen LogP contribution in [0.1, 0.15) is 10.4 Å². The van der Waals surface area contributed by atoms with Crippen molar-refractivity contribution in [1.29, 1.82) is 0 Å². The number of nitro groups is 1. The molecule has 2 rings (SSSR count). The predicted octanol–water partition coefficient (Wildman–Crippen LogP) is 2.77. The summed E-state index contributed by atoms with van der Waals surface area (Å²) in [6, 6.07) is 6.98. The molecule has 0 aliphatic heterocycles. The number of carbonyl (C=O) groups is 2. The molecule has 130 valence electrons. The number of carbonyl (C=O) groups excluding carboxylic acids is 2. The highest BCUT2D eigenvalue weighted by atomic mass is 35.5. The van der Waals surface area contributed by atoms with Gasteiger partial charge in [0.2, 0.25) is 5.82 Å². The highest BCUT2D eigenvalue weighted by Crippen LogP contribution is 2.22. The quantitative estimate of drug-likeness (QED) is 0.362. The maximum Gasteiger partial charge on any atom is 0.340 e. The summed E-state index contributed by atoms with van der Waals surface area (Å²) in [7, 11) is 0. The van der Waals surface area contributed by atoms with E-state index < -0.39 is 34.9 Å². The van der Waals surface area contributed by atoms with Crippen molar-refractivity contribution < 1.29 is 23.6 Å². The van der Waals surface area contributed by atoms with Gasteiger partial charge in [-0.3, -0.25) is 14.9 Å². The van der Waals surface area contributed by atoms with E-state index in [9.17, 15) is 24.1 Å². The Balaban J connectivity index is 1.98. The number of nitrogens with two attached hydrogens (primary N) is 1. The maximum atomic E-state index is 13.2. The van der Waals surface area contributed by atoms with Crippen molar-refractivity contribution in [3.8, 4) is 0 Å². The van der Waals surface area contributed by atoms with Crippen LogP contribution in [0.4, 0.5) is 21.5 Å². The number of nitrogens with one attached hydrogen (secondary N) is 1. The van der Waals surface area contributed by atoms with Crippen LogP contribution >= 0.6 is 11.6 Å². The van der Waals surface area contributed by atoms with Crippen LogP contribution in [0.15, 0.2) is 36.4 Å². The van der Waals surface area contributed by atoms with Crippen LogP contribution < -0.4 is 11.1 Å². The first-order chi connectivity index (χ1) is 11.8. The molecule has 0 unspecified atom stereocenters. The molecule has 0 saturated carbocycles. The summed E-state index contributed by atoms with van der Waals surface area (Å²) in [5.74, 6) is -2.64. The number of hydrogen-bond donors (Lipinski definition) is 2. The normalized spacial score (nSPS) is 10.2. The molecule has 3 N–H and O–H groups in total. The van der Waals surface area contributed by atoms with Gasteiger partial charge in [0.25, 0.3) is 5.91 Å². The van der Waals surface area contributed by atoms with Crippen molar-refractivity contribution in [3.05, 3.63) is 62.9 Å². The zero-order valence-electron chi connectivity index (χ0n) is 12.5. The lowest BCUT2D eigenvalue weighted by molar-refractivity contribution is -0.387. The molecular formula is C15H11ClFN3O5. The number of nitrogen functional groups attached to an aromatic ring is 1. The highest BCUT2D eigenvalue weighted by Gasteiger charge is 2.17. The van der Waals surface area contributed by atoms with Crippen LogP contribution in [0.25, 0.3) is 0 Å². The fourth-order valence-corrected chi connectivity index (χ4v) is 2.04. The van der Waals surface area contributed by atoms with E-state index in [1.807, 2.05) is 0 Å². The van der Waals surface area contributed by atoms with E-state index in [1.165, 1.54) is 18.2 Å². The average Bonchev–Trinajstić information content (AvgIpc) is 2.54. The molecule has 25 heavy (non-hydrogen) atoms. The number of nitro benzene ring substituents is 1. The third-order valence-corrected chi connectivity index (χ3v) is 3.23. The Morgan fingerprint density at radius 1 is 1.28 bits per heavy atom. The first-order valence-electron chi connectivity index (χ1n) is 6.74. The first kappa shape index (κ1) is 18.1. The number of ether oxygens (including phenoxy) is 1. The first-order valence-corrected chi connectivity index (χ1v) is 7.11. The van der Waals surface area contributed by atoms with Gasteiger partial charge < -0.3 is 15.8 Å². The average molecular weight is 368 g/mol. The van der Waals surface area contributed by atoms with Crippen molar-refractivity contribution in [2.45, 2.75) is 0 Å². The fourth-order valence-electron chi connectivity index (χ4n) is 1.86. The summed E-state index contributed by atoms with van der Waals surface area (Å²) in [5, 5.41) is 13.2. The fraction of sp³-hybridized carbons (Fsp3) is 0.0667. The smallest absolute Gasteiger partial charge is 0.340 e. The number of anilines is 2. The second kappa shape index (κ2) is 7.58. The standard InChI is InChI=1S/C15H11ClFN3O5/c16-8-1-3-10(12(18)5-8)15(22)25-7-14(21)19-9-2-4-11(17)13(6-9)20(23)24/h1-6H,7,18H2,(H,19,21). The van der Waals surface area contributed by atoms with E-state index in [0.29, 0.717) is 5.02 Å². The van der Waals surface area contributed by atoms with E-state index in [4.69, 9.17) is 22.1 Å². The van der Waals surface area contributed by atoms with Crippen molar-refractivity contribution in [2.75, 3.05) is 17.7 Å². The number of halogens is 2. The van der Waals surface area contributed by atoms with Gasteiger partial charge >= 0.3 is 11.7 Å². The molecule has 0 spiro atoms. The van der Waals surface area contributed by atoms with Gasteiger partial charge in [-0.25, -0.2) is 4.79 Å². The Hall–Kier alpha value is -3.20. The van der Waals surface area contributed by atoms with Crippen molar-refractivity contribution in [2.24, 2.45) is 0 Å². The van der Waals surface area contributed by atoms with Gasteiger partial charge in [-0.15, -0.1) is 0 Å². The van der Waals surface area contributed by atoms with Gasteiger partial charge in [0, 0.05) is 22.5 Å². The van der Waals surface area contributed by atoms with Crippen molar-refractivity contribution >= 4 is 40.5 Å². The van der Waals surface area contributed by atoms with Crippen LogP contribution in [0.3, 0.4) is 0 Å². The van der Waals surface area contributed by atoms with Gasteiger partial charge in [0.1, 0.15) is 0 Å². The van der Waals surface area contributed by atoms with E-state index >= 15 is 0 Å². The number of amides is 1. The number of rotatable bonds is 5. The van der Waals surface area contributed by atoms with E-state index in [2.05, 4.69) is 5.32 Å². The second-order valence-corrected chi connectivity index (χ2v) is 5.22. The lowest BCUT2D eigenvalue weighted by Gasteiger charge is -2.08. The Morgan fingerprint density at radius 3 is 2.64 bits per heavy atom. The molecule has 0 bridgehead atoms. The van der Waals surface area contributed by atoms with Crippen molar-refractivity contribution in [3.63, 3.8) is 0 Å². The summed E-state index contributed by atoms with van der Waals surface area (Å²) in [4.78, 5) is 33.3. The SMILES string of the molecule is Nc1cc(Cl)ccc1C(=O)OCC(=O)Nc1ccc(F)c([N+](=O)[O-])c1. The minimum Gasteiger partial charge on any atom is -0.452 e. The summed E-state index contributed by atoms with van der Waals surface area (Å²) in [6.45, 7) is -0.661. The topological polar surface area (TPSA) is 125 Å². The number of hydrogen-bond acceptors (Lipinski definition) is 6. The molecule has 0 aliphatic carbocycles. The second-order valence-electron chi connectivity index (χ2n) is 4.78. The van der Waals surface area contributed by atoms with E-state index in [-0.39, 0.29) is 16.9 Å². The molecule has 1 amide bonds. The molecule has 0 aliphatic rings. The molecule has 2 aromatic carbocycles. The van der Waals surface area contributed by atoms with Gasteiger partial charge in [0.05, 0.1) is 10.5 Å². The number of nitrogens with zero attached hydrogens (tertiary/aromatic N) is 1. The summed E-state index contributed by atoms with van der Waals surface area (Å²) in [6.07, 6.45) is 0. The summed E-state index contributed by atoms with van der Waals surface area (Å²) in [5.41, 5.74) is 4.95. The Kier molecular flexibility index (Phi) is 5.50. The Labute approximate surface area is 145 Å². The minimum atomic E-state index is -1.03. The molecule has 8 nitrogen and oxygen atoms in total. The zero-order chi connectivity index (χ0) is 18.6. The number of esters is 1. The molecule has 10 heteroatoms. The molecule has 2 aromatic rings. The monoisotopic (exact) mass is 367 g/mol. The lowest BCUT2D eigenvalue weighted by atomic mass is 10.2. The van der Waals surface area contributed by atoms with Crippen LogP contribution in [-0.2, 0) is 9.53 Å². The van der Waals surface area contributed by atoms with Crippen molar-refractivity contribution in [1.82, 2.24) is 0 Å². The van der Waals surface area contributed by atoms with Crippen LogP contribution in [0.2, 0.25) is 5.02 Å². The van der Waals surface area contributed by atoms with E-state index in [1.54, 1.807) is 0 Å². The number of benzene rings is 2. The third-order valence-electron chi connectivity index (χ3n) is 2.99. The van der Waals surface area contributed by atoms with Gasteiger partial charge in [-0.05, 0) is 30.3 Å². The van der Waals surface area contributed by atoms with Crippen LogP contribution in [-0.4, -0.2) is 23.4 Å². The minimum absolute atomic E-state index is 0.0137. The maximum absolute atomic E-state index is 13.2. The zero-order valence-corrected chi connectivity index (χ0v) is 13.2. The molecule has 0 aromatic heterocycles. The Morgan fingerprint density at radius 2 is 2.00 bits per heavy atom. The molecule has 0 heterocycles. The molecule has 0 radical (unpaired) electrons. The van der Waals surface area contributed by atoms with Gasteiger partial charge in [-0.1, -0.05) is 11.6 Å². The lowest BCUT2D eigenvalue weighted by Crippen LogP contribution is -2.21. The third kappa shape index (κ3) is 4.64. The van der Waals surface area contributed by atoms with Gasteiger partial charge in [0.15, 0.2) is 6.61 Å². The molecule has 0 atom stereocenters.